The molecule has 0 spiro atoms. The zero-order valence-corrected chi connectivity index (χ0v) is 16.4. The Morgan fingerprint density at radius 1 is 1.04 bits per heavy atom. The lowest BCUT2D eigenvalue weighted by atomic mass is 10.1. The summed E-state index contributed by atoms with van der Waals surface area (Å²) in [4.78, 5) is 13.0. The number of hydrogen-bond acceptors (Lipinski definition) is 5. The van der Waals surface area contributed by atoms with Crippen molar-refractivity contribution in [2.24, 2.45) is 0 Å². The van der Waals surface area contributed by atoms with E-state index >= 15 is 0 Å². The predicted octanol–water partition coefficient (Wildman–Crippen LogP) is 4.90. The molecule has 4 aromatic rings. The van der Waals surface area contributed by atoms with Crippen LogP contribution in [0.25, 0.3) is 15.5 Å². The predicted molar refractivity (Wildman–Crippen MR) is 105 cm³/mol. The third-order valence-corrected chi connectivity index (χ3v) is 5.57. The SMILES string of the molecule is O=c1c(Cc2ccc(Cl)cc2)nnc2sc(-c3cc(F)c(Cl)cc3Cl)nn12. The first-order valence-electron chi connectivity index (χ1n) is 7.57. The van der Waals surface area contributed by atoms with Gasteiger partial charge in [0, 0.05) is 17.0 Å². The van der Waals surface area contributed by atoms with E-state index in [1.807, 2.05) is 0 Å². The summed E-state index contributed by atoms with van der Waals surface area (Å²) >= 11 is 18.8. The summed E-state index contributed by atoms with van der Waals surface area (Å²) in [6.45, 7) is 0. The third kappa shape index (κ3) is 3.55. The Balaban J connectivity index is 1.77. The topological polar surface area (TPSA) is 60.2 Å². The largest absolute Gasteiger partial charge is 0.297 e. The van der Waals surface area contributed by atoms with Crippen molar-refractivity contribution >= 4 is 51.1 Å². The fraction of sp³-hybridized carbons (Fsp3) is 0.0588. The highest BCUT2D eigenvalue weighted by Gasteiger charge is 2.17. The number of nitrogens with zero attached hydrogens (tertiary/aromatic N) is 4. The van der Waals surface area contributed by atoms with Crippen LogP contribution in [0, 0.1) is 5.82 Å². The molecule has 4 rings (SSSR count). The van der Waals surface area contributed by atoms with Gasteiger partial charge < -0.3 is 0 Å². The molecule has 0 amide bonds. The van der Waals surface area contributed by atoms with E-state index in [1.54, 1.807) is 24.3 Å². The van der Waals surface area contributed by atoms with Crippen LogP contribution in [0.1, 0.15) is 11.3 Å². The molecule has 2 aromatic carbocycles. The summed E-state index contributed by atoms with van der Waals surface area (Å²) in [7, 11) is 0. The fourth-order valence-electron chi connectivity index (χ4n) is 2.45. The van der Waals surface area contributed by atoms with Crippen molar-refractivity contribution in [3.63, 3.8) is 0 Å². The van der Waals surface area contributed by atoms with Crippen LogP contribution in [-0.4, -0.2) is 19.8 Å². The number of halogens is 4. The molecule has 0 bridgehead atoms. The van der Waals surface area contributed by atoms with E-state index in [9.17, 15) is 9.18 Å². The molecule has 0 radical (unpaired) electrons. The van der Waals surface area contributed by atoms with E-state index in [2.05, 4.69) is 15.3 Å². The normalized spacial score (nSPS) is 11.3. The maximum absolute atomic E-state index is 13.8. The Hall–Kier alpha value is -2.06. The van der Waals surface area contributed by atoms with Crippen molar-refractivity contribution in [1.29, 1.82) is 0 Å². The van der Waals surface area contributed by atoms with Gasteiger partial charge in [0.15, 0.2) is 0 Å². The Bertz CT molecular complexity index is 1220. The maximum Gasteiger partial charge on any atom is 0.297 e. The molecule has 0 atom stereocenters. The summed E-state index contributed by atoms with van der Waals surface area (Å²) in [6.07, 6.45) is 0.287. The molecule has 5 nitrogen and oxygen atoms in total. The van der Waals surface area contributed by atoms with E-state index in [4.69, 9.17) is 34.8 Å². The summed E-state index contributed by atoms with van der Waals surface area (Å²) < 4.78 is 14.9. The van der Waals surface area contributed by atoms with Crippen LogP contribution in [0.3, 0.4) is 0 Å². The summed E-state index contributed by atoms with van der Waals surface area (Å²) in [5.74, 6) is -0.628. The van der Waals surface area contributed by atoms with Gasteiger partial charge in [-0.05, 0) is 29.8 Å². The van der Waals surface area contributed by atoms with E-state index in [0.717, 1.165) is 21.4 Å². The lowest BCUT2D eigenvalue weighted by Crippen LogP contribution is -2.22. The number of aromatic nitrogens is 4. The summed E-state index contributed by atoms with van der Waals surface area (Å²) in [5, 5.41) is 13.4. The third-order valence-electron chi connectivity index (χ3n) is 3.78. The van der Waals surface area contributed by atoms with Crippen LogP contribution < -0.4 is 5.56 Å². The molecule has 0 aliphatic carbocycles. The monoisotopic (exact) mass is 440 g/mol. The quantitative estimate of drug-likeness (QED) is 0.424. The molecule has 0 fully saturated rings. The van der Waals surface area contributed by atoms with Crippen LogP contribution in [0.4, 0.5) is 4.39 Å². The molecule has 0 saturated heterocycles. The van der Waals surface area contributed by atoms with Crippen LogP contribution in [0.2, 0.25) is 15.1 Å². The van der Waals surface area contributed by atoms with Gasteiger partial charge in [-0.2, -0.15) is 9.61 Å². The van der Waals surface area contributed by atoms with Crippen LogP contribution >= 0.6 is 46.1 Å². The van der Waals surface area contributed by atoms with Gasteiger partial charge in [0.05, 0.1) is 10.0 Å². The number of rotatable bonds is 3. The molecule has 2 heterocycles. The first kappa shape index (κ1) is 18.3. The second kappa shape index (κ2) is 7.16. The van der Waals surface area contributed by atoms with E-state index in [1.165, 1.54) is 12.1 Å². The van der Waals surface area contributed by atoms with Crippen molar-refractivity contribution in [3.8, 4) is 10.6 Å². The lowest BCUT2D eigenvalue weighted by molar-refractivity contribution is 0.628. The van der Waals surface area contributed by atoms with Gasteiger partial charge in [0.2, 0.25) is 4.96 Å². The molecule has 2 aromatic heterocycles. The standard InChI is InChI=1S/C17H8Cl3FN4OS/c18-9-3-1-8(2-4-9)5-14-16(26)25-17(23-22-14)27-15(24-25)10-6-13(21)12(20)7-11(10)19/h1-4,6-7H,5H2. The van der Waals surface area contributed by atoms with Gasteiger partial charge in [0.25, 0.3) is 5.56 Å². The van der Waals surface area contributed by atoms with Crippen molar-refractivity contribution in [3.05, 3.63) is 78.9 Å². The Morgan fingerprint density at radius 3 is 2.52 bits per heavy atom. The summed E-state index contributed by atoms with van der Waals surface area (Å²) in [5.41, 5.74) is 1.03. The minimum atomic E-state index is -0.628. The minimum absolute atomic E-state index is 0.0907. The highest BCUT2D eigenvalue weighted by Crippen LogP contribution is 2.34. The zero-order valence-electron chi connectivity index (χ0n) is 13.3. The minimum Gasteiger partial charge on any atom is -0.265 e. The molecule has 27 heavy (non-hydrogen) atoms. The number of fused-ring (bicyclic) bond motifs is 1. The summed E-state index contributed by atoms with van der Waals surface area (Å²) in [6, 6.07) is 9.55. The number of benzene rings is 2. The average molecular weight is 442 g/mol. The van der Waals surface area contributed by atoms with Gasteiger partial charge in [-0.25, -0.2) is 4.39 Å². The van der Waals surface area contributed by atoms with Crippen molar-refractivity contribution in [2.45, 2.75) is 6.42 Å². The van der Waals surface area contributed by atoms with Gasteiger partial charge in [-0.1, -0.05) is 58.3 Å². The first-order valence-corrected chi connectivity index (χ1v) is 9.52. The molecule has 0 saturated carbocycles. The number of hydrogen-bond donors (Lipinski definition) is 0. The molecule has 10 heteroatoms. The molecule has 0 aliphatic rings. The van der Waals surface area contributed by atoms with E-state index < -0.39 is 11.4 Å². The molecular weight excluding hydrogens is 434 g/mol. The highest BCUT2D eigenvalue weighted by atomic mass is 35.5. The molecule has 0 aliphatic heterocycles. The fourth-order valence-corrected chi connectivity index (χ4v) is 3.97. The van der Waals surface area contributed by atoms with Crippen molar-refractivity contribution in [2.75, 3.05) is 0 Å². The molecular formula is C17H8Cl3FN4OS. The molecule has 0 N–H and O–H groups in total. The first-order chi connectivity index (χ1) is 12.9. The Labute approximate surface area is 171 Å². The Kier molecular flexibility index (Phi) is 4.86. The smallest absolute Gasteiger partial charge is 0.265 e. The zero-order chi connectivity index (χ0) is 19.1. The van der Waals surface area contributed by atoms with Crippen LogP contribution in [-0.2, 0) is 6.42 Å². The van der Waals surface area contributed by atoms with E-state index in [0.29, 0.717) is 15.6 Å². The Morgan fingerprint density at radius 2 is 1.78 bits per heavy atom. The van der Waals surface area contributed by atoms with Crippen molar-refractivity contribution in [1.82, 2.24) is 19.8 Å². The second-order valence-corrected chi connectivity index (χ2v) is 7.81. The van der Waals surface area contributed by atoms with E-state index in [-0.39, 0.29) is 27.1 Å². The van der Waals surface area contributed by atoms with Crippen LogP contribution in [0.5, 0.6) is 0 Å². The molecule has 0 unspecified atom stereocenters. The van der Waals surface area contributed by atoms with Crippen LogP contribution in [0.15, 0.2) is 41.2 Å². The van der Waals surface area contributed by atoms with Gasteiger partial charge >= 0.3 is 0 Å². The van der Waals surface area contributed by atoms with Crippen molar-refractivity contribution < 1.29 is 4.39 Å². The van der Waals surface area contributed by atoms with Gasteiger partial charge in [-0.15, -0.1) is 10.2 Å². The maximum atomic E-state index is 13.8. The average Bonchev–Trinajstić information content (AvgIpc) is 3.07. The second-order valence-electron chi connectivity index (χ2n) is 5.60. The lowest BCUT2D eigenvalue weighted by Gasteiger charge is -2.01. The van der Waals surface area contributed by atoms with Gasteiger partial charge in [0.1, 0.15) is 16.5 Å². The highest BCUT2D eigenvalue weighted by molar-refractivity contribution is 7.19. The van der Waals surface area contributed by atoms with Gasteiger partial charge in [-0.3, -0.25) is 4.79 Å². The molecule has 136 valence electrons.